The van der Waals surface area contributed by atoms with Gasteiger partial charge in [-0.05, 0) is 35.0 Å². The topological polar surface area (TPSA) is 43.1 Å². The molecule has 3 aromatic heterocycles. The molecule has 3 aromatic rings. The summed E-state index contributed by atoms with van der Waals surface area (Å²) in [6, 6.07) is 3.86. The van der Waals surface area contributed by atoms with Gasteiger partial charge in [-0.25, -0.2) is 4.98 Å². The quantitative estimate of drug-likeness (QED) is 0.692. The highest BCUT2D eigenvalue weighted by Gasteiger charge is 2.11. The number of aromatic nitrogens is 4. The molecule has 0 aromatic carbocycles. The summed E-state index contributed by atoms with van der Waals surface area (Å²) < 4.78 is 2.95. The predicted octanol–water partition coefficient (Wildman–Crippen LogP) is 2.86. The third-order valence-electron chi connectivity index (χ3n) is 2.60. The lowest BCUT2D eigenvalue weighted by Gasteiger charge is -2.02. The minimum atomic E-state index is 0.850. The molecule has 3 rings (SSSR count). The molecule has 0 radical (unpaired) electrons. The summed E-state index contributed by atoms with van der Waals surface area (Å²) in [6.07, 6.45) is 7.18. The van der Waals surface area contributed by atoms with Crippen molar-refractivity contribution in [1.82, 2.24) is 19.4 Å². The van der Waals surface area contributed by atoms with E-state index >= 15 is 0 Å². The first-order valence-corrected chi connectivity index (χ1v) is 5.96. The van der Waals surface area contributed by atoms with Crippen LogP contribution in [0.5, 0.6) is 0 Å². The van der Waals surface area contributed by atoms with E-state index in [1.165, 1.54) is 0 Å². The Balaban J connectivity index is 2.35. The lowest BCUT2D eigenvalue weighted by atomic mass is 10.2. The number of pyridine rings is 1. The summed E-state index contributed by atoms with van der Waals surface area (Å²) in [6.45, 7) is 1.97. The predicted molar refractivity (Wildman–Crippen MR) is 68.7 cm³/mol. The standard InChI is InChI=1S/C12H9BrN4/c1-8-11(13)17-7-6-15-10(12(17)16-8)9-2-4-14-5-3-9/h2-7H,1H3. The number of aryl methyl sites for hydroxylation is 1. The fraction of sp³-hybridized carbons (Fsp3) is 0.0833. The Kier molecular flexibility index (Phi) is 2.40. The van der Waals surface area contributed by atoms with E-state index in [0.717, 1.165) is 27.2 Å². The van der Waals surface area contributed by atoms with Gasteiger partial charge in [-0.3, -0.25) is 14.4 Å². The van der Waals surface area contributed by atoms with Crippen LogP contribution in [0.2, 0.25) is 0 Å². The molecule has 0 bridgehead atoms. The van der Waals surface area contributed by atoms with Crippen LogP contribution < -0.4 is 0 Å². The van der Waals surface area contributed by atoms with Crippen molar-refractivity contribution in [2.45, 2.75) is 6.92 Å². The van der Waals surface area contributed by atoms with Crippen molar-refractivity contribution in [3.05, 3.63) is 47.2 Å². The second kappa shape index (κ2) is 3.92. The fourth-order valence-corrected chi connectivity index (χ4v) is 2.15. The Bertz CT molecular complexity index is 676. The monoisotopic (exact) mass is 288 g/mol. The van der Waals surface area contributed by atoms with Crippen molar-refractivity contribution < 1.29 is 0 Å². The maximum Gasteiger partial charge on any atom is 0.164 e. The summed E-state index contributed by atoms with van der Waals surface area (Å²) >= 11 is 3.52. The third-order valence-corrected chi connectivity index (χ3v) is 3.55. The van der Waals surface area contributed by atoms with Gasteiger partial charge in [0.15, 0.2) is 5.65 Å². The average Bonchev–Trinajstić information content (AvgIpc) is 2.67. The zero-order chi connectivity index (χ0) is 11.8. The zero-order valence-corrected chi connectivity index (χ0v) is 10.7. The first-order chi connectivity index (χ1) is 8.27. The number of hydrogen-bond acceptors (Lipinski definition) is 3. The highest BCUT2D eigenvalue weighted by molar-refractivity contribution is 9.10. The molecule has 0 aliphatic carbocycles. The molecule has 3 heterocycles. The van der Waals surface area contributed by atoms with Gasteiger partial charge in [0.1, 0.15) is 10.3 Å². The molecule has 0 aliphatic heterocycles. The van der Waals surface area contributed by atoms with Crippen molar-refractivity contribution >= 4 is 21.6 Å². The molecule has 0 aliphatic rings. The molecule has 84 valence electrons. The van der Waals surface area contributed by atoms with Crippen molar-refractivity contribution in [2.24, 2.45) is 0 Å². The fourth-order valence-electron chi connectivity index (χ4n) is 1.77. The second-order valence-corrected chi connectivity index (χ2v) is 4.44. The smallest absolute Gasteiger partial charge is 0.164 e. The van der Waals surface area contributed by atoms with E-state index in [1.807, 2.05) is 29.7 Å². The van der Waals surface area contributed by atoms with Crippen LogP contribution in [-0.4, -0.2) is 19.4 Å². The number of imidazole rings is 1. The van der Waals surface area contributed by atoms with Gasteiger partial charge in [-0.1, -0.05) is 0 Å². The van der Waals surface area contributed by atoms with Crippen LogP contribution in [0.25, 0.3) is 16.9 Å². The molecular formula is C12H9BrN4. The molecule has 5 heteroatoms. The minimum absolute atomic E-state index is 0.850. The van der Waals surface area contributed by atoms with E-state index in [9.17, 15) is 0 Å². The normalized spacial score (nSPS) is 10.9. The second-order valence-electron chi connectivity index (χ2n) is 3.69. The van der Waals surface area contributed by atoms with Crippen LogP contribution in [0.4, 0.5) is 0 Å². The van der Waals surface area contributed by atoms with E-state index in [1.54, 1.807) is 18.6 Å². The van der Waals surface area contributed by atoms with Gasteiger partial charge in [-0.2, -0.15) is 0 Å². The summed E-state index contributed by atoms with van der Waals surface area (Å²) in [7, 11) is 0. The van der Waals surface area contributed by atoms with Crippen LogP contribution in [0.3, 0.4) is 0 Å². The summed E-state index contributed by atoms with van der Waals surface area (Å²) in [4.78, 5) is 12.9. The van der Waals surface area contributed by atoms with Crippen molar-refractivity contribution in [3.63, 3.8) is 0 Å². The maximum absolute atomic E-state index is 4.52. The summed E-state index contributed by atoms with van der Waals surface area (Å²) in [5.74, 6) is 0. The van der Waals surface area contributed by atoms with Crippen LogP contribution in [0.15, 0.2) is 41.5 Å². The zero-order valence-electron chi connectivity index (χ0n) is 9.13. The first-order valence-electron chi connectivity index (χ1n) is 5.17. The van der Waals surface area contributed by atoms with E-state index < -0.39 is 0 Å². The van der Waals surface area contributed by atoms with Gasteiger partial charge in [0.25, 0.3) is 0 Å². The average molecular weight is 289 g/mol. The van der Waals surface area contributed by atoms with Crippen molar-refractivity contribution in [1.29, 1.82) is 0 Å². The number of halogens is 1. The number of rotatable bonds is 1. The largest absolute Gasteiger partial charge is 0.291 e. The van der Waals surface area contributed by atoms with Crippen LogP contribution in [0.1, 0.15) is 5.69 Å². The van der Waals surface area contributed by atoms with Gasteiger partial charge in [-0.15, -0.1) is 0 Å². The molecule has 0 fully saturated rings. The van der Waals surface area contributed by atoms with E-state index in [0.29, 0.717) is 0 Å². The van der Waals surface area contributed by atoms with Crippen molar-refractivity contribution in [2.75, 3.05) is 0 Å². The Morgan fingerprint density at radius 3 is 2.71 bits per heavy atom. The highest BCUT2D eigenvalue weighted by Crippen LogP contribution is 2.25. The van der Waals surface area contributed by atoms with Gasteiger partial charge in [0.2, 0.25) is 0 Å². The van der Waals surface area contributed by atoms with Gasteiger partial charge < -0.3 is 0 Å². The van der Waals surface area contributed by atoms with Crippen LogP contribution >= 0.6 is 15.9 Å². The van der Waals surface area contributed by atoms with Gasteiger partial charge >= 0.3 is 0 Å². The molecule has 0 spiro atoms. The summed E-state index contributed by atoms with van der Waals surface area (Å²) in [5.41, 5.74) is 3.68. The molecule has 0 amide bonds. The Labute approximate surface area is 106 Å². The SMILES string of the molecule is Cc1nc2c(-c3ccncc3)nccn2c1Br. The lowest BCUT2D eigenvalue weighted by molar-refractivity contribution is 1.10. The van der Waals surface area contributed by atoms with Crippen LogP contribution in [-0.2, 0) is 0 Å². The minimum Gasteiger partial charge on any atom is -0.291 e. The Morgan fingerprint density at radius 2 is 1.94 bits per heavy atom. The molecule has 0 saturated carbocycles. The molecule has 0 unspecified atom stereocenters. The molecule has 4 nitrogen and oxygen atoms in total. The summed E-state index contributed by atoms with van der Waals surface area (Å²) in [5, 5.41) is 0. The Hall–Kier alpha value is -1.75. The highest BCUT2D eigenvalue weighted by atomic mass is 79.9. The molecule has 0 N–H and O–H groups in total. The lowest BCUT2D eigenvalue weighted by Crippen LogP contribution is -1.91. The third kappa shape index (κ3) is 1.63. The first kappa shape index (κ1) is 10.4. The number of nitrogens with zero attached hydrogens (tertiary/aromatic N) is 4. The Morgan fingerprint density at radius 1 is 1.18 bits per heavy atom. The number of hydrogen-bond donors (Lipinski definition) is 0. The van der Waals surface area contributed by atoms with Gasteiger partial charge in [0.05, 0.1) is 5.69 Å². The van der Waals surface area contributed by atoms with Crippen molar-refractivity contribution in [3.8, 4) is 11.3 Å². The van der Waals surface area contributed by atoms with Gasteiger partial charge in [0, 0.05) is 30.4 Å². The molecule has 17 heavy (non-hydrogen) atoms. The maximum atomic E-state index is 4.52. The molecular weight excluding hydrogens is 280 g/mol. The van der Waals surface area contributed by atoms with Crippen LogP contribution in [0, 0.1) is 6.92 Å². The molecule has 0 atom stereocenters. The van der Waals surface area contributed by atoms with E-state index in [2.05, 4.69) is 30.9 Å². The molecule has 0 saturated heterocycles. The van der Waals surface area contributed by atoms with E-state index in [4.69, 9.17) is 0 Å². The number of fused-ring (bicyclic) bond motifs is 1. The van der Waals surface area contributed by atoms with E-state index in [-0.39, 0.29) is 0 Å².